The van der Waals surface area contributed by atoms with E-state index < -0.39 is 0 Å². The van der Waals surface area contributed by atoms with Gasteiger partial charge in [-0.25, -0.2) is 4.98 Å². The molecule has 1 aromatic carbocycles. The van der Waals surface area contributed by atoms with Crippen LogP contribution in [0.5, 0.6) is 0 Å². The highest BCUT2D eigenvalue weighted by molar-refractivity contribution is 14.0. The van der Waals surface area contributed by atoms with Crippen LogP contribution in [0.25, 0.3) is 11.0 Å². The van der Waals surface area contributed by atoms with Gasteiger partial charge in [-0.3, -0.25) is 9.67 Å². The lowest BCUT2D eigenvalue weighted by atomic mass is 10.1. The van der Waals surface area contributed by atoms with Gasteiger partial charge in [-0.2, -0.15) is 5.10 Å². The zero-order valence-electron chi connectivity index (χ0n) is 16.9. The summed E-state index contributed by atoms with van der Waals surface area (Å²) in [5, 5.41) is 7.69. The zero-order valence-corrected chi connectivity index (χ0v) is 19.2. The van der Waals surface area contributed by atoms with E-state index in [2.05, 4.69) is 37.9 Å². The fourth-order valence-electron chi connectivity index (χ4n) is 3.53. The molecule has 2 aromatic heterocycles. The number of hydrogen-bond acceptors (Lipinski definition) is 4. The first-order chi connectivity index (χ1) is 13.7. The van der Waals surface area contributed by atoms with Crippen LogP contribution >= 0.6 is 24.0 Å². The first-order valence-electron chi connectivity index (χ1n) is 9.78. The summed E-state index contributed by atoms with van der Waals surface area (Å²) < 4.78 is 9.92. The van der Waals surface area contributed by atoms with E-state index in [9.17, 15) is 0 Å². The third kappa shape index (κ3) is 5.08. The van der Waals surface area contributed by atoms with Gasteiger partial charge in [0.2, 0.25) is 0 Å². The van der Waals surface area contributed by atoms with Crippen LogP contribution in [0, 0.1) is 0 Å². The summed E-state index contributed by atoms with van der Waals surface area (Å²) in [4.78, 5) is 11.6. The number of morpholine rings is 1. The minimum Gasteiger partial charge on any atom is -0.370 e. The highest BCUT2D eigenvalue weighted by Crippen LogP contribution is 2.21. The second kappa shape index (κ2) is 10.1. The van der Waals surface area contributed by atoms with Crippen LogP contribution in [0.2, 0.25) is 0 Å². The normalized spacial score (nSPS) is 17.4. The summed E-state index contributed by atoms with van der Waals surface area (Å²) in [6, 6.07) is 8.18. The molecule has 1 aliphatic heterocycles. The predicted octanol–water partition coefficient (Wildman–Crippen LogP) is 2.43. The van der Waals surface area contributed by atoms with Crippen LogP contribution < -0.4 is 5.32 Å². The van der Waals surface area contributed by atoms with Crippen molar-refractivity contribution in [2.75, 3.05) is 32.8 Å². The summed E-state index contributed by atoms with van der Waals surface area (Å²) in [6.45, 7) is 6.70. The molecule has 0 saturated carbocycles. The first-order valence-corrected chi connectivity index (χ1v) is 9.78. The van der Waals surface area contributed by atoms with Crippen molar-refractivity contribution in [2.24, 2.45) is 12.0 Å². The molecule has 156 valence electrons. The van der Waals surface area contributed by atoms with Crippen molar-refractivity contribution in [2.45, 2.75) is 19.6 Å². The van der Waals surface area contributed by atoms with Crippen LogP contribution in [-0.2, 0) is 18.3 Å². The smallest absolute Gasteiger partial charge is 0.194 e. The Hall–Kier alpha value is -2.14. The van der Waals surface area contributed by atoms with Crippen LogP contribution in [0.4, 0.5) is 0 Å². The molecule has 3 aromatic rings. The molecule has 0 radical (unpaired) electrons. The van der Waals surface area contributed by atoms with Crippen LogP contribution in [0.15, 0.2) is 48.0 Å². The number of fused-ring (bicyclic) bond motifs is 1. The molecule has 3 heterocycles. The second-order valence-corrected chi connectivity index (χ2v) is 6.92. The third-order valence-corrected chi connectivity index (χ3v) is 4.93. The standard InChI is InChI=1S/C20H27N7O.HI/c1-3-21-20(22-8-9-27-15-23-17-6-4-5-7-18(17)27)26-10-11-28-19(14-26)16-12-24-25(2)13-16;/h4-7,12-13,15,19H,3,8-11,14H2,1-2H3,(H,21,22);1H. The Kier molecular flexibility index (Phi) is 7.48. The van der Waals surface area contributed by atoms with Crippen molar-refractivity contribution in [3.63, 3.8) is 0 Å². The molecule has 1 N–H and O–H groups in total. The van der Waals surface area contributed by atoms with E-state index in [4.69, 9.17) is 9.73 Å². The van der Waals surface area contributed by atoms with E-state index in [0.29, 0.717) is 13.2 Å². The third-order valence-electron chi connectivity index (χ3n) is 4.93. The lowest BCUT2D eigenvalue weighted by molar-refractivity contribution is -0.00804. The summed E-state index contributed by atoms with van der Waals surface area (Å²) in [6.07, 6.45) is 5.80. The number of nitrogens with one attached hydrogen (secondary N) is 1. The zero-order chi connectivity index (χ0) is 19.3. The number of aromatic nitrogens is 4. The highest BCUT2D eigenvalue weighted by Gasteiger charge is 2.25. The van der Waals surface area contributed by atoms with Gasteiger partial charge in [0.25, 0.3) is 0 Å². The molecule has 9 heteroatoms. The number of halogens is 1. The Labute approximate surface area is 188 Å². The number of aliphatic imine (C=N–C) groups is 1. The van der Waals surface area contributed by atoms with Crippen molar-refractivity contribution >= 4 is 41.0 Å². The van der Waals surface area contributed by atoms with E-state index in [1.165, 1.54) is 0 Å². The highest BCUT2D eigenvalue weighted by atomic mass is 127. The summed E-state index contributed by atoms with van der Waals surface area (Å²) >= 11 is 0. The maximum atomic E-state index is 5.96. The van der Waals surface area contributed by atoms with E-state index in [-0.39, 0.29) is 30.1 Å². The maximum absolute atomic E-state index is 5.96. The van der Waals surface area contributed by atoms with Gasteiger partial charge in [-0.05, 0) is 19.1 Å². The quantitative estimate of drug-likeness (QED) is 0.325. The number of benzene rings is 1. The molecule has 1 unspecified atom stereocenters. The lowest BCUT2D eigenvalue weighted by Gasteiger charge is -2.34. The Bertz CT molecular complexity index is 951. The molecule has 8 nitrogen and oxygen atoms in total. The number of nitrogens with zero attached hydrogens (tertiary/aromatic N) is 6. The number of rotatable bonds is 5. The van der Waals surface area contributed by atoms with Crippen LogP contribution in [0.1, 0.15) is 18.6 Å². The monoisotopic (exact) mass is 509 g/mol. The van der Waals surface area contributed by atoms with Gasteiger partial charge >= 0.3 is 0 Å². The van der Waals surface area contributed by atoms with Gasteiger partial charge in [0, 0.05) is 38.4 Å². The molecule has 1 aliphatic rings. The van der Waals surface area contributed by atoms with E-state index in [1.54, 1.807) is 0 Å². The Balaban J connectivity index is 0.00000240. The molecule has 1 atom stereocenters. The minimum absolute atomic E-state index is 0. The molecule has 0 amide bonds. The van der Waals surface area contributed by atoms with Crippen LogP contribution in [0.3, 0.4) is 0 Å². The molecule has 1 saturated heterocycles. The molecular formula is C20H28IN7O. The van der Waals surface area contributed by atoms with E-state index in [0.717, 1.165) is 48.7 Å². The van der Waals surface area contributed by atoms with Gasteiger partial charge in [0.15, 0.2) is 5.96 Å². The molecule has 29 heavy (non-hydrogen) atoms. The van der Waals surface area contributed by atoms with Gasteiger partial charge in [-0.15, -0.1) is 24.0 Å². The average Bonchev–Trinajstić information content (AvgIpc) is 3.34. The lowest BCUT2D eigenvalue weighted by Crippen LogP contribution is -2.48. The molecule has 0 spiro atoms. The fraction of sp³-hybridized carbons (Fsp3) is 0.450. The Morgan fingerprint density at radius 3 is 3.00 bits per heavy atom. The molecule has 0 aliphatic carbocycles. The summed E-state index contributed by atoms with van der Waals surface area (Å²) in [5.41, 5.74) is 3.27. The predicted molar refractivity (Wildman–Crippen MR) is 125 cm³/mol. The number of para-hydroxylation sites is 2. The maximum Gasteiger partial charge on any atom is 0.194 e. The summed E-state index contributed by atoms with van der Waals surface area (Å²) in [5.74, 6) is 0.934. The van der Waals surface area contributed by atoms with Crippen molar-refractivity contribution < 1.29 is 4.74 Å². The van der Waals surface area contributed by atoms with Gasteiger partial charge in [-0.1, -0.05) is 12.1 Å². The molecule has 0 bridgehead atoms. The average molecular weight is 509 g/mol. The van der Waals surface area contributed by atoms with Crippen molar-refractivity contribution in [3.8, 4) is 0 Å². The number of aryl methyl sites for hydroxylation is 1. The second-order valence-electron chi connectivity index (χ2n) is 6.92. The van der Waals surface area contributed by atoms with Crippen LogP contribution in [-0.4, -0.2) is 63.0 Å². The first kappa shape index (κ1) is 21.6. The minimum atomic E-state index is 0. The van der Waals surface area contributed by atoms with Crippen molar-refractivity contribution in [1.29, 1.82) is 0 Å². The molecule has 1 fully saturated rings. The molecule has 4 rings (SSSR count). The van der Waals surface area contributed by atoms with Gasteiger partial charge in [0.05, 0.1) is 43.3 Å². The number of ether oxygens (including phenoxy) is 1. The van der Waals surface area contributed by atoms with Gasteiger partial charge in [0.1, 0.15) is 6.10 Å². The Morgan fingerprint density at radius 2 is 2.21 bits per heavy atom. The fourth-order valence-corrected chi connectivity index (χ4v) is 3.53. The van der Waals surface area contributed by atoms with Crippen molar-refractivity contribution in [3.05, 3.63) is 48.5 Å². The number of imidazole rings is 1. The topological polar surface area (TPSA) is 72.5 Å². The largest absolute Gasteiger partial charge is 0.370 e. The summed E-state index contributed by atoms with van der Waals surface area (Å²) in [7, 11) is 1.93. The number of hydrogen-bond donors (Lipinski definition) is 1. The SMILES string of the molecule is CCNC(=NCCn1cnc2ccccc21)N1CCOC(c2cnn(C)c2)C1.I. The Morgan fingerprint density at radius 1 is 1.34 bits per heavy atom. The van der Waals surface area contributed by atoms with Gasteiger partial charge < -0.3 is 19.5 Å². The molecular weight excluding hydrogens is 481 g/mol. The van der Waals surface area contributed by atoms with E-state index >= 15 is 0 Å². The van der Waals surface area contributed by atoms with E-state index in [1.807, 2.05) is 48.6 Å². The van der Waals surface area contributed by atoms with Crippen molar-refractivity contribution in [1.82, 2.24) is 29.5 Å². The number of guanidine groups is 1.